The van der Waals surface area contributed by atoms with Gasteiger partial charge in [0.2, 0.25) is 5.95 Å². The lowest BCUT2D eigenvalue weighted by atomic mass is 10.3. The summed E-state index contributed by atoms with van der Waals surface area (Å²) in [6.07, 6.45) is 1.61. The van der Waals surface area contributed by atoms with Crippen molar-refractivity contribution in [2.75, 3.05) is 5.32 Å². The summed E-state index contributed by atoms with van der Waals surface area (Å²) < 4.78 is 9.06. The number of nitrogens with zero attached hydrogens (tertiary/aromatic N) is 3. The van der Waals surface area contributed by atoms with Gasteiger partial charge in [0.15, 0.2) is 0 Å². The number of imidazole rings is 1. The standard InChI is InChI=1S/C20H17IN4O2/c1-25-19-6-5-16(27-17-7-8-22-15(10-17)12-26)11-18(19)24-20(25)23-14-4-2-3-13(21)9-14/h2-11,26H,12H2,1H3,(H,23,24). The van der Waals surface area contributed by atoms with Gasteiger partial charge in [-0.1, -0.05) is 6.07 Å². The van der Waals surface area contributed by atoms with Crippen LogP contribution >= 0.6 is 22.6 Å². The lowest BCUT2D eigenvalue weighted by molar-refractivity contribution is 0.276. The zero-order valence-corrected chi connectivity index (χ0v) is 16.7. The molecule has 0 atom stereocenters. The summed E-state index contributed by atoms with van der Waals surface area (Å²) in [5, 5.41) is 12.6. The molecule has 2 N–H and O–H groups in total. The van der Waals surface area contributed by atoms with Gasteiger partial charge < -0.3 is 19.7 Å². The normalized spacial score (nSPS) is 10.9. The molecule has 0 aliphatic rings. The van der Waals surface area contributed by atoms with Gasteiger partial charge in [-0.2, -0.15) is 0 Å². The van der Waals surface area contributed by atoms with Crippen molar-refractivity contribution < 1.29 is 9.84 Å². The van der Waals surface area contributed by atoms with E-state index >= 15 is 0 Å². The third-order valence-electron chi connectivity index (χ3n) is 4.12. The number of fused-ring (bicyclic) bond motifs is 1. The van der Waals surface area contributed by atoms with Crippen molar-refractivity contribution in [3.63, 3.8) is 0 Å². The maximum atomic E-state index is 9.20. The molecule has 2 aromatic carbocycles. The van der Waals surface area contributed by atoms with Crippen LogP contribution in [-0.4, -0.2) is 19.6 Å². The molecule has 2 heterocycles. The third-order valence-corrected chi connectivity index (χ3v) is 4.79. The number of nitrogens with one attached hydrogen (secondary N) is 1. The quantitative estimate of drug-likeness (QED) is 0.416. The summed E-state index contributed by atoms with van der Waals surface area (Å²) in [5.41, 5.74) is 3.39. The van der Waals surface area contributed by atoms with Crippen LogP contribution < -0.4 is 10.1 Å². The summed E-state index contributed by atoms with van der Waals surface area (Å²) in [7, 11) is 1.97. The number of aryl methyl sites for hydroxylation is 1. The van der Waals surface area contributed by atoms with Gasteiger partial charge in [0.25, 0.3) is 0 Å². The first-order valence-corrected chi connectivity index (χ1v) is 9.43. The molecule has 0 fully saturated rings. The van der Waals surface area contributed by atoms with Gasteiger partial charge in [-0.25, -0.2) is 4.98 Å². The molecule has 4 rings (SSSR count). The second-order valence-electron chi connectivity index (χ2n) is 6.02. The van der Waals surface area contributed by atoms with E-state index in [0.717, 1.165) is 26.2 Å². The molecular formula is C20H17IN4O2. The summed E-state index contributed by atoms with van der Waals surface area (Å²) in [5.74, 6) is 2.06. The van der Waals surface area contributed by atoms with Crippen LogP contribution in [0.2, 0.25) is 0 Å². The minimum absolute atomic E-state index is 0.121. The summed E-state index contributed by atoms with van der Waals surface area (Å²) in [6, 6.07) is 17.4. The maximum Gasteiger partial charge on any atom is 0.208 e. The van der Waals surface area contributed by atoms with Crippen molar-refractivity contribution in [1.82, 2.24) is 14.5 Å². The van der Waals surface area contributed by atoms with Crippen molar-refractivity contribution in [3.05, 3.63) is 70.1 Å². The number of hydrogen-bond acceptors (Lipinski definition) is 5. The van der Waals surface area contributed by atoms with E-state index < -0.39 is 0 Å². The average Bonchev–Trinajstić information content (AvgIpc) is 2.97. The van der Waals surface area contributed by atoms with Crippen LogP contribution in [-0.2, 0) is 13.7 Å². The second-order valence-corrected chi connectivity index (χ2v) is 7.27. The number of halogens is 1. The predicted octanol–water partition coefficient (Wildman–Crippen LogP) is 4.60. The number of pyridine rings is 1. The van der Waals surface area contributed by atoms with E-state index in [0.29, 0.717) is 17.2 Å². The first-order valence-electron chi connectivity index (χ1n) is 8.35. The molecule has 0 radical (unpaired) electrons. The molecule has 4 aromatic rings. The Kier molecular flexibility index (Phi) is 4.95. The topological polar surface area (TPSA) is 72.2 Å². The van der Waals surface area contributed by atoms with Crippen molar-refractivity contribution in [1.29, 1.82) is 0 Å². The predicted molar refractivity (Wildman–Crippen MR) is 113 cm³/mol. The Labute approximate surface area is 170 Å². The van der Waals surface area contributed by atoms with E-state index in [1.807, 2.05) is 48.0 Å². The Morgan fingerprint density at radius 1 is 1.11 bits per heavy atom. The highest BCUT2D eigenvalue weighted by Gasteiger charge is 2.10. The smallest absolute Gasteiger partial charge is 0.208 e. The third kappa shape index (κ3) is 3.88. The zero-order chi connectivity index (χ0) is 18.8. The maximum absolute atomic E-state index is 9.20. The molecule has 0 aliphatic heterocycles. The molecule has 0 bridgehead atoms. The minimum atomic E-state index is -0.121. The summed E-state index contributed by atoms with van der Waals surface area (Å²) >= 11 is 2.29. The number of ether oxygens (including phenoxy) is 1. The molecule has 0 amide bonds. The fourth-order valence-corrected chi connectivity index (χ4v) is 3.34. The van der Waals surface area contributed by atoms with Gasteiger partial charge >= 0.3 is 0 Å². The van der Waals surface area contributed by atoms with E-state index in [9.17, 15) is 5.11 Å². The molecule has 0 spiro atoms. The van der Waals surface area contributed by atoms with Crippen LogP contribution in [0.1, 0.15) is 5.69 Å². The molecular weight excluding hydrogens is 455 g/mol. The Balaban J connectivity index is 1.62. The number of aliphatic hydroxyl groups excluding tert-OH is 1. The van der Waals surface area contributed by atoms with Crippen LogP contribution in [0.3, 0.4) is 0 Å². The van der Waals surface area contributed by atoms with Crippen LogP contribution in [0, 0.1) is 3.57 Å². The highest BCUT2D eigenvalue weighted by Crippen LogP contribution is 2.28. The Morgan fingerprint density at radius 2 is 1.96 bits per heavy atom. The number of hydrogen-bond donors (Lipinski definition) is 2. The molecule has 136 valence electrons. The summed E-state index contributed by atoms with van der Waals surface area (Å²) in [4.78, 5) is 8.75. The average molecular weight is 472 g/mol. The van der Waals surface area contributed by atoms with Gasteiger partial charge in [0.05, 0.1) is 23.3 Å². The molecule has 0 saturated carbocycles. The number of aromatic nitrogens is 3. The molecule has 2 aromatic heterocycles. The van der Waals surface area contributed by atoms with Gasteiger partial charge in [0.1, 0.15) is 11.5 Å². The highest BCUT2D eigenvalue weighted by atomic mass is 127. The van der Waals surface area contributed by atoms with Crippen LogP contribution in [0.25, 0.3) is 11.0 Å². The number of anilines is 2. The Hall–Kier alpha value is -2.65. The lowest BCUT2D eigenvalue weighted by Gasteiger charge is -2.07. The number of rotatable bonds is 5. The van der Waals surface area contributed by atoms with E-state index in [1.54, 1.807) is 18.3 Å². The van der Waals surface area contributed by atoms with E-state index in [4.69, 9.17) is 9.72 Å². The largest absolute Gasteiger partial charge is 0.457 e. The molecule has 0 saturated heterocycles. The van der Waals surface area contributed by atoms with Gasteiger partial charge in [-0.3, -0.25) is 4.98 Å². The van der Waals surface area contributed by atoms with Gasteiger partial charge in [-0.05, 0) is 59.0 Å². The first kappa shape index (κ1) is 17.7. The SMILES string of the molecule is Cn1c(Nc2cccc(I)c2)nc2cc(Oc3ccnc(CO)c3)ccc21. The molecule has 7 heteroatoms. The van der Waals surface area contributed by atoms with Crippen molar-refractivity contribution >= 4 is 45.3 Å². The molecule has 6 nitrogen and oxygen atoms in total. The number of benzene rings is 2. The van der Waals surface area contributed by atoms with Crippen LogP contribution in [0.5, 0.6) is 11.5 Å². The second kappa shape index (κ2) is 7.53. The fourth-order valence-electron chi connectivity index (χ4n) is 2.79. The molecule has 0 unspecified atom stereocenters. The van der Waals surface area contributed by atoms with Crippen molar-refractivity contribution in [2.24, 2.45) is 7.05 Å². The fraction of sp³-hybridized carbons (Fsp3) is 0.100. The van der Waals surface area contributed by atoms with E-state index in [1.165, 1.54) is 0 Å². The van der Waals surface area contributed by atoms with Crippen molar-refractivity contribution in [3.8, 4) is 11.5 Å². The first-order chi connectivity index (χ1) is 13.1. The molecule has 0 aliphatic carbocycles. The Morgan fingerprint density at radius 3 is 2.78 bits per heavy atom. The summed E-state index contributed by atoms with van der Waals surface area (Å²) in [6.45, 7) is -0.121. The van der Waals surface area contributed by atoms with E-state index in [-0.39, 0.29) is 6.61 Å². The Bertz CT molecular complexity index is 1110. The molecule has 27 heavy (non-hydrogen) atoms. The van der Waals surface area contributed by atoms with Crippen LogP contribution in [0.4, 0.5) is 11.6 Å². The monoisotopic (exact) mass is 472 g/mol. The lowest BCUT2D eigenvalue weighted by Crippen LogP contribution is -1.99. The minimum Gasteiger partial charge on any atom is -0.457 e. The van der Waals surface area contributed by atoms with Gasteiger partial charge in [0, 0.05) is 34.6 Å². The van der Waals surface area contributed by atoms with Gasteiger partial charge in [-0.15, -0.1) is 0 Å². The van der Waals surface area contributed by atoms with Crippen molar-refractivity contribution in [2.45, 2.75) is 6.61 Å². The highest BCUT2D eigenvalue weighted by molar-refractivity contribution is 14.1. The number of aliphatic hydroxyl groups is 1. The van der Waals surface area contributed by atoms with E-state index in [2.05, 4.69) is 39.0 Å². The zero-order valence-electron chi connectivity index (χ0n) is 14.6. The van der Waals surface area contributed by atoms with Crippen LogP contribution in [0.15, 0.2) is 60.8 Å².